The number of carbonyl (C=O) groups excluding carboxylic acids is 1. The Morgan fingerprint density at radius 2 is 1.80 bits per heavy atom. The number of thiazole rings is 1. The summed E-state index contributed by atoms with van der Waals surface area (Å²) in [4.78, 5) is 20.5. The number of ether oxygens (including phenoxy) is 1. The number of benzene rings is 2. The Bertz CT molecular complexity index is 1090. The second-order valence-electron chi connectivity index (χ2n) is 6.77. The Hall–Kier alpha value is -2.56. The van der Waals surface area contributed by atoms with E-state index >= 15 is 0 Å². The normalized spacial score (nSPS) is 14.9. The fourth-order valence-corrected chi connectivity index (χ4v) is 4.25. The minimum Gasteiger partial charge on any atom is -0.379 e. The van der Waals surface area contributed by atoms with Crippen LogP contribution in [0.5, 0.6) is 0 Å². The Kier molecular flexibility index (Phi) is 5.98. The van der Waals surface area contributed by atoms with Gasteiger partial charge in [0.1, 0.15) is 23.0 Å². The fourth-order valence-electron chi connectivity index (χ4n) is 3.22. The maximum absolute atomic E-state index is 14.3. The molecule has 0 atom stereocenters. The molecule has 0 bridgehead atoms. The zero-order valence-corrected chi connectivity index (χ0v) is 16.5. The van der Waals surface area contributed by atoms with Gasteiger partial charge in [-0.15, -0.1) is 0 Å². The first-order valence-electron chi connectivity index (χ1n) is 9.25. The van der Waals surface area contributed by atoms with Gasteiger partial charge in [0, 0.05) is 38.3 Å². The van der Waals surface area contributed by atoms with E-state index in [9.17, 15) is 22.4 Å². The van der Waals surface area contributed by atoms with Crippen LogP contribution < -0.4 is 4.90 Å². The molecule has 158 valence electrons. The highest BCUT2D eigenvalue weighted by molar-refractivity contribution is 7.22. The molecule has 10 heteroatoms. The van der Waals surface area contributed by atoms with Gasteiger partial charge in [-0.1, -0.05) is 11.3 Å². The Morgan fingerprint density at radius 3 is 2.53 bits per heavy atom. The average Bonchev–Trinajstić information content (AvgIpc) is 3.13. The molecule has 0 saturated carbocycles. The predicted molar refractivity (Wildman–Crippen MR) is 105 cm³/mol. The van der Waals surface area contributed by atoms with Crippen LogP contribution in [0.3, 0.4) is 0 Å². The minimum atomic E-state index is -1.00. The van der Waals surface area contributed by atoms with E-state index in [1.165, 1.54) is 4.90 Å². The number of anilines is 1. The summed E-state index contributed by atoms with van der Waals surface area (Å²) >= 11 is 0.927. The number of hydrogen-bond acceptors (Lipinski definition) is 5. The summed E-state index contributed by atoms with van der Waals surface area (Å²) in [7, 11) is 0. The Labute approximate surface area is 173 Å². The van der Waals surface area contributed by atoms with Crippen molar-refractivity contribution in [2.24, 2.45) is 0 Å². The second kappa shape index (κ2) is 8.66. The van der Waals surface area contributed by atoms with E-state index in [0.717, 1.165) is 29.5 Å². The van der Waals surface area contributed by atoms with Crippen LogP contribution in [0, 0.1) is 23.3 Å². The van der Waals surface area contributed by atoms with Crippen molar-refractivity contribution in [3.8, 4) is 0 Å². The number of aromatic nitrogens is 1. The number of nitrogens with zero attached hydrogens (tertiary/aromatic N) is 3. The van der Waals surface area contributed by atoms with E-state index in [2.05, 4.69) is 9.88 Å². The number of morpholine rings is 1. The first-order valence-corrected chi connectivity index (χ1v) is 10.1. The van der Waals surface area contributed by atoms with Gasteiger partial charge in [-0.05, 0) is 18.2 Å². The number of halogens is 4. The van der Waals surface area contributed by atoms with E-state index in [1.807, 2.05) is 0 Å². The maximum atomic E-state index is 14.3. The molecule has 1 saturated heterocycles. The summed E-state index contributed by atoms with van der Waals surface area (Å²) in [5, 5.41) is 0.108. The van der Waals surface area contributed by atoms with E-state index < -0.39 is 29.2 Å². The van der Waals surface area contributed by atoms with Crippen molar-refractivity contribution in [3.05, 3.63) is 59.2 Å². The van der Waals surface area contributed by atoms with Crippen molar-refractivity contribution in [1.82, 2.24) is 9.88 Å². The lowest BCUT2D eigenvalue weighted by molar-refractivity contribution is 0.0391. The van der Waals surface area contributed by atoms with Crippen molar-refractivity contribution in [1.29, 1.82) is 0 Å². The van der Waals surface area contributed by atoms with Crippen molar-refractivity contribution >= 4 is 32.6 Å². The van der Waals surface area contributed by atoms with Crippen LogP contribution in [0.4, 0.5) is 22.7 Å². The summed E-state index contributed by atoms with van der Waals surface area (Å²) in [6, 6.07) is 4.51. The van der Waals surface area contributed by atoms with Crippen molar-refractivity contribution in [3.63, 3.8) is 0 Å². The van der Waals surface area contributed by atoms with Crippen LogP contribution in [0.25, 0.3) is 10.2 Å². The highest BCUT2D eigenvalue weighted by Gasteiger charge is 2.26. The summed E-state index contributed by atoms with van der Waals surface area (Å²) in [6.45, 7) is 3.06. The molecule has 1 fully saturated rings. The molecule has 1 aliphatic rings. The molecule has 0 unspecified atom stereocenters. The summed E-state index contributed by atoms with van der Waals surface area (Å²) in [5.41, 5.74) is -0.399. The first kappa shape index (κ1) is 20.7. The van der Waals surface area contributed by atoms with Crippen LogP contribution in [-0.2, 0) is 4.74 Å². The zero-order chi connectivity index (χ0) is 21.3. The second-order valence-corrected chi connectivity index (χ2v) is 7.77. The van der Waals surface area contributed by atoms with Gasteiger partial charge in [-0.3, -0.25) is 14.6 Å². The Balaban J connectivity index is 1.69. The topological polar surface area (TPSA) is 45.7 Å². The highest BCUT2D eigenvalue weighted by Crippen LogP contribution is 2.32. The molecule has 0 radical (unpaired) electrons. The monoisotopic (exact) mass is 439 g/mol. The molecule has 0 aliphatic carbocycles. The SMILES string of the molecule is O=C(c1ccc(F)cc1F)N(CCN1CCOCC1)c1nc2c(F)cc(F)cc2s1. The van der Waals surface area contributed by atoms with Gasteiger partial charge >= 0.3 is 0 Å². The Morgan fingerprint density at radius 1 is 1.07 bits per heavy atom. The molecule has 2 aromatic carbocycles. The van der Waals surface area contributed by atoms with Gasteiger partial charge in [0.15, 0.2) is 10.9 Å². The number of hydrogen-bond donors (Lipinski definition) is 0. The first-order chi connectivity index (χ1) is 14.4. The molecular weight excluding hydrogens is 422 g/mol. The van der Waals surface area contributed by atoms with E-state index in [-0.39, 0.29) is 27.5 Å². The molecule has 1 aliphatic heterocycles. The van der Waals surface area contributed by atoms with Gasteiger partial charge in [-0.2, -0.15) is 0 Å². The summed E-state index contributed by atoms with van der Waals surface area (Å²) in [6.07, 6.45) is 0. The summed E-state index contributed by atoms with van der Waals surface area (Å²) < 4.78 is 60.7. The van der Waals surface area contributed by atoms with Crippen LogP contribution >= 0.6 is 11.3 Å². The van der Waals surface area contributed by atoms with Gasteiger partial charge in [0.05, 0.1) is 23.5 Å². The summed E-state index contributed by atoms with van der Waals surface area (Å²) in [5.74, 6) is -4.15. The lowest BCUT2D eigenvalue weighted by Crippen LogP contribution is -2.43. The lowest BCUT2D eigenvalue weighted by atomic mass is 10.2. The van der Waals surface area contributed by atoms with Gasteiger partial charge in [0.25, 0.3) is 5.91 Å². The minimum absolute atomic E-state index is 0.0693. The number of fused-ring (bicyclic) bond motifs is 1. The van der Waals surface area contributed by atoms with Gasteiger partial charge in [0.2, 0.25) is 0 Å². The van der Waals surface area contributed by atoms with Gasteiger partial charge < -0.3 is 4.74 Å². The molecule has 5 nitrogen and oxygen atoms in total. The van der Waals surface area contributed by atoms with E-state index in [0.29, 0.717) is 45.0 Å². The number of carbonyl (C=O) groups is 1. The highest BCUT2D eigenvalue weighted by atomic mass is 32.1. The maximum Gasteiger partial charge on any atom is 0.263 e. The molecule has 30 heavy (non-hydrogen) atoms. The van der Waals surface area contributed by atoms with Crippen molar-refractivity contribution < 1.29 is 27.1 Å². The standard InChI is InChI=1S/C20H17F4N3O2S/c21-12-1-2-14(15(23)9-12)19(28)27(4-3-26-5-7-29-8-6-26)20-25-18-16(24)10-13(22)11-17(18)30-20/h1-2,9-11H,3-8H2. The number of rotatable bonds is 5. The van der Waals surface area contributed by atoms with Crippen LogP contribution in [0.15, 0.2) is 30.3 Å². The van der Waals surface area contributed by atoms with Crippen molar-refractivity contribution in [2.75, 3.05) is 44.3 Å². The molecule has 4 rings (SSSR count). The van der Waals surface area contributed by atoms with Crippen molar-refractivity contribution in [2.45, 2.75) is 0 Å². The lowest BCUT2D eigenvalue weighted by Gasteiger charge is -2.29. The predicted octanol–water partition coefficient (Wildman–Crippen LogP) is 3.83. The fraction of sp³-hybridized carbons (Fsp3) is 0.300. The average molecular weight is 439 g/mol. The quantitative estimate of drug-likeness (QED) is 0.567. The number of amides is 1. The third-order valence-corrected chi connectivity index (χ3v) is 5.81. The molecule has 0 N–H and O–H groups in total. The van der Waals surface area contributed by atoms with Crippen LogP contribution in [-0.4, -0.2) is 55.2 Å². The van der Waals surface area contributed by atoms with Gasteiger partial charge in [-0.25, -0.2) is 22.5 Å². The van der Waals surface area contributed by atoms with Crippen LogP contribution in [0.2, 0.25) is 0 Å². The molecule has 3 aromatic rings. The largest absolute Gasteiger partial charge is 0.379 e. The zero-order valence-electron chi connectivity index (χ0n) is 15.7. The third-order valence-electron chi connectivity index (χ3n) is 4.78. The smallest absolute Gasteiger partial charge is 0.263 e. The molecule has 2 heterocycles. The third kappa shape index (κ3) is 4.30. The van der Waals surface area contributed by atoms with Crippen LogP contribution in [0.1, 0.15) is 10.4 Å². The molecule has 1 aromatic heterocycles. The van der Waals surface area contributed by atoms with E-state index in [1.54, 1.807) is 0 Å². The van der Waals surface area contributed by atoms with E-state index in [4.69, 9.17) is 4.74 Å². The molecular formula is C20H17F4N3O2S. The molecule has 1 amide bonds. The molecule has 0 spiro atoms.